The van der Waals surface area contributed by atoms with Gasteiger partial charge in [-0.1, -0.05) is 11.6 Å². The molecule has 3 aromatic heterocycles. The van der Waals surface area contributed by atoms with E-state index in [-0.39, 0.29) is 29.4 Å². The summed E-state index contributed by atoms with van der Waals surface area (Å²) in [6.45, 7) is 3.53. The molecule has 2 fully saturated rings. The lowest BCUT2D eigenvalue weighted by atomic mass is 10.0. The van der Waals surface area contributed by atoms with Gasteiger partial charge < -0.3 is 24.5 Å². The number of anilines is 1. The average Bonchev–Trinajstić information content (AvgIpc) is 3.32. The fraction of sp³-hybridized carbons (Fsp3) is 0.407. The first kappa shape index (κ1) is 25.1. The van der Waals surface area contributed by atoms with E-state index in [0.29, 0.717) is 35.6 Å². The van der Waals surface area contributed by atoms with Crippen molar-refractivity contribution in [3.05, 3.63) is 53.5 Å². The molecule has 0 spiro atoms. The van der Waals surface area contributed by atoms with Crippen molar-refractivity contribution in [1.29, 1.82) is 0 Å². The first-order valence-electron chi connectivity index (χ1n) is 12.8. The normalized spacial score (nSPS) is 22.1. The predicted molar refractivity (Wildman–Crippen MR) is 141 cm³/mol. The minimum Gasteiger partial charge on any atom is -0.389 e. The van der Waals surface area contributed by atoms with Gasteiger partial charge in [-0.2, -0.15) is 0 Å². The molecule has 198 valence electrons. The van der Waals surface area contributed by atoms with Crippen molar-refractivity contribution in [2.75, 3.05) is 25.1 Å². The summed E-state index contributed by atoms with van der Waals surface area (Å²) in [6, 6.07) is 4.81. The number of ether oxygens (including phenoxy) is 2. The number of halogens is 2. The molecule has 2 aliphatic rings. The molecule has 2 N–H and O–H groups in total. The molecule has 4 aromatic rings. The number of aliphatic hydroxyl groups excluding tert-OH is 1. The van der Waals surface area contributed by atoms with Gasteiger partial charge in [0.25, 0.3) is 0 Å². The van der Waals surface area contributed by atoms with E-state index < -0.39 is 11.9 Å². The Morgan fingerprint density at radius 1 is 1.05 bits per heavy atom. The Bertz CT molecular complexity index is 1470. The third-order valence-corrected chi connectivity index (χ3v) is 7.45. The van der Waals surface area contributed by atoms with Gasteiger partial charge in [0.15, 0.2) is 0 Å². The molecule has 11 heteroatoms. The molecule has 2 saturated heterocycles. The van der Waals surface area contributed by atoms with Gasteiger partial charge in [0.2, 0.25) is 5.95 Å². The SMILES string of the molecule is Cc1c(-c2cnc3c(F)cc(-c4nc(N[C@@H]5CCOC[C@H]5O)ncc4Cl)cc3c2)ncn1C1CCCCO1. The molecule has 1 aromatic carbocycles. The van der Waals surface area contributed by atoms with Gasteiger partial charge in [-0.15, -0.1) is 0 Å². The van der Waals surface area contributed by atoms with Crippen molar-refractivity contribution in [3.8, 4) is 22.5 Å². The second-order valence-electron chi connectivity index (χ2n) is 9.73. The van der Waals surface area contributed by atoms with Gasteiger partial charge >= 0.3 is 0 Å². The van der Waals surface area contributed by atoms with E-state index in [1.807, 2.05) is 19.1 Å². The number of rotatable bonds is 5. The second kappa shape index (κ2) is 10.5. The van der Waals surface area contributed by atoms with Crippen LogP contribution >= 0.6 is 11.6 Å². The number of hydrogen-bond acceptors (Lipinski definition) is 8. The molecule has 0 radical (unpaired) electrons. The van der Waals surface area contributed by atoms with Gasteiger partial charge in [-0.05, 0) is 50.8 Å². The molecule has 1 unspecified atom stereocenters. The third-order valence-electron chi connectivity index (χ3n) is 7.18. The van der Waals surface area contributed by atoms with Crippen LogP contribution in [0.15, 0.2) is 36.9 Å². The number of imidazole rings is 1. The molecule has 9 nitrogen and oxygen atoms in total. The molecule has 6 rings (SSSR count). The number of pyridine rings is 1. The van der Waals surface area contributed by atoms with Crippen molar-refractivity contribution in [3.63, 3.8) is 0 Å². The molecule has 5 heterocycles. The van der Waals surface area contributed by atoms with Gasteiger partial charge in [-0.3, -0.25) is 4.98 Å². The zero-order valence-electron chi connectivity index (χ0n) is 20.9. The van der Waals surface area contributed by atoms with Crippen LogP contribution in [0, 0.1) is 12.7 Å². The smallest absolute Gasteiger partial charge is 0.223 e. The molecule has 0 saturated carbocycles. The van der Waals surface area contributed by atoms with Crippen molar-refractivity contribution in [2.45, 2.75) is 51.0 Å². The lowest BCUT2D eigenvalue weighted by Crippen LogP contribution is -2.42. The minimum absolute atomic E-state index is 0.0209. The number of nitrogens with zero attached hydrogens (tertiary/aromatic N) is 5. The first-order valence-corrected chi connectivity index (χ1v) is 13.2. The number of aliphatic hydroxyl groups is 1. The predicted octanol–water partition coefficient (Wildman–Crippen LogP) is 4.92. The Balaban J connectivity index is 1.34. The van der Waals surface area contributed by atoms with Gasteiger partial charge in [0.1, 0.15) is 17.6 Å². The van der Waals surface area contributed by atoms with E-state index >= 15 is 4.39 Å². The van der Waals surface area contributed by atoms with Crippen molar-refractivity contribution >= 4 is 28.5 Å². The van der Waals surface area contributed by atoms with E-state index in [1.165, 1.54) is 12.3 Å². The van der Waals surface area contributed by atoms with Crippen LogP contribution in [0.4, 0.5) is 10.3 Å². The highest BCUT2D eigenvalue weighted by molar-refractivity contribution is 6.33. The van der Waals surface area contributed by atoms with E-state index in [1.54, 1.807) is 12.5 Å². The Hall–Kier alpha value is -3.18. The zero-order chi connectivity index (χ0) is 26.2. The van der Waals surface area contributed by atoms with Gasteiger partial charge in [0.05, 0.1) is 47.7 Å². The summed E-state index contributed by atoms with van der Waals surface area (Å²) in [5, 5.41) is 14.2. The first-order chi connectivity index (χ1) is 18.5. The molecule has 0 aliphatic carbocycles. The Morgan fingerprint density at radius 2 is 1.92 bits per heavy atom. The van der Waals surface area contributed by atoms with Crippen LogP contribution < -0.4 is 5.32 Å². The van der Waals surface area contributed by atoms with E-state index in [9.17, 15) is 5.11 Å². The highest BCUT2D eigenvalue weighted by Gasteiger charge is 2.25. The van der Waals surface area contributed by atoms with E-state index in [0.717, 1.165) is 42.8 Å². The van der Waals surface area contributed by atoms with Gasteiger partial charge in [0, 0.05) is 41.6 Å². The molecular formula is C27H28ClFN6O3. The summed E-state index contributed by atoms with van der Waals surface area (Å²) in [6.07, 6.45) is 7.98. The molecule has 0 amide bonds. The van der Waals surface area contributed by atoms with Gasteiger partial charge in [-0.25, -0.2) is 19.3 Å². The summed E-state index contributed by atoms with van der Waals surface area (Å²) in [4.78, 5) is 17.8. The Kier molecular flexibility index (Phi) is 6.96. The highest BCUT2D eigenvalue weighted by Crippen LogP contribution is 2.33. The van der Waals surface area contributed by atoms with Crippen LogP contribution in [-0.4, -0.2) is 61.6 Å². The van der Waals surface area contributed by atoms with E-state index in [4.69, 9.17) is 21.1 Å². The number of hydrogen-bond donors (Lipinski definition) is 2. The van der Waals surface area contributed by atoms with Crippen LogP contribution in [0.1, 0.15) is 37.6 Å². The average molecular weight is 539 g/mol. The monoisotopic (exact) mass is 538 g/mol. The lowest BCUT2D eigenvalue weighted by molar-refractivity contribution is -0.0330. The van der Waals surface area contributed by atoms with Crippen molar-refractivity contribution in [1.82, 2.24) is 24.5 Å². The Morgan fingerprint density at radius 3 is 2.74 bits per heavy atom. The largest absolute Gasteiger partial charge is 0.389 e. The maximum atomic E-state index is 15.2. The standard InChI is InChI=1S/C27H28ClFN6O3/c1-15-24(32-14-35(15)23-4-2-3-6-38-23)18-9-16-8-17(10-20(29)26(16)30-11-18)25-19(28)12-31-27(34-25)33-21-5-7-37-13-22(21)36/h8-12,14,21-23,36H,2-7,13H2,1H3,(H,31,33,34)/t21-,22-,23?/m1/s1. The van der Waals surface area contributed by atoms with Crippen LogP contribution in [0.3, 0.4) is 0 Å². The second-order valence-corrected chi connectivity index (χ2v) is 10.1. The number of aromatic nitrogens is 5. The maximum absolute atomic E-state index is 15.2. The van der Waals surface area contributed by atoms with E-state index in [2.05, 4.69) is 29.8 Å². The number of nitrogens with one attached hydrogen (secondary N) is 1. The van der Waals surface area contributed by atoms with Crippen LogP contribution in [0.5, 0.6) is 0 Å². The topological polar surface area (TPSA) is 107 Å². The Labute approximate surface area is 224 Å². The summed E-state index contributed by atoms with van der Waals surface area (Å²) < 4.78 is 28.5. The minimum atomic E-state index is -0.675. The van der Waals surface area contributed by atoms with Crippen LogP contribution in [0.2, 0.25) is 5.02 Å². The lowest BCUT2D eigenvalue weighted by Gasteiger charge is -2.28. The summed E-state index contributed by atoms with van der Waals surface area (Å²) in [5.74, 6) is -0.181. The van der Waals surface area contributed by atoms with Crippen LogP contribution in [0.25, 0.3) is 33.4 Å². The van der Waals surface area contributed by atoms with Crippen molar-refractivity contribution in [2.24, 2.45) is 0 Å². The number of fused-ring (bicyclic) bond motifs is 1. The molecule has 3 atom stereocenters. The van der Waals surface area contributed by atoms with Crippen molar-refractivity contribution < 1.29 is 19.0 Å². The number of benzene rings is 1. The quantitative estimate of drug-likeness (QED) is 0.369. The molecule has 38 heavy (non-hydrogen) atoms. The van der Waals surface area contributed by atoms with Crippen LogP contribution in [-0.2, 0) is 9.47 Å². The summed E-state index contributed by atoms with van der Waals surface area (Å²) in [7, 11) is 0. The fourth-order valence-corrected chi connectivity index (χ4v) is 5.31. The maximum Gasteiger partial charge on any atom is 0.223 e. The molecular weight excluding hydrogens is 511 g/mol. The molecule has 2 aliphatic heterocycles. The highest BCUT2D eigenvalue weighted by atomic mass is 35.5. The summed E-state index contributed by atoms with van der Waals surface area (Å²) >= 11 is 6.45. The third kappa shape index (κ3) is 4.84. The fourth-order valence-electron chi connectivity index (χ4n) is 5.11. The zero-order valence-corrected chi connectivity index (χ0v) is 21.7. The molecule has 0 bridgehead atoms. The summed E-state index contributed by atoms with van der Waals surface area (Å²) in [5.41, 5.74) is 3.66.